The summed E-state index contributed by atoms with van der Waals surface area (Å²) in [6.07, 6.45) is -0.188. The van der Waals surface area contributed by atoms with Crippen LogP contribution < -0.4 is 0 Å². The molecule has 0 atom stereocenters. The second kappa shape index (κ2) is 4.15. The Morgan fingerprint density at radius 1 is 1.64 bits per heavy atom. The van der Waals surface area contributed by atoms with E-state index in [1.165, 1.54) is 0 Å². The molecule has 1 aromatic rings. The molecule has 0 N–H and O–H groups in total. The Morgan fingerprint density at radius 2 is 2.29 bits per heavy atom. The Kier molecular flexibility index (Phi) is 3.14. The molecule has 0 aromatic heterocycles. The van der Waals surface area contributed by atoms with Crippen molar-refractivity contribution in [2.24, 2.45) is 0 Å². The van der Waals surface area contributed by atoms with Crippen LogP contribution in [0.25, 0.3) is 0 Å². The smallest absolute Gasteiger partial charge is 0.258 e. The van der Waals surface area contributed by atoms with Gasteiger partial charge in [0.05, 0.1) is 21.9 Å². The first kappa shape index (κ1) is 10.6. The first-order valence-electron chi connectivity index (χ1n) is 3.55. The second-order valence-corrected chi connectivity index (χ2v) is 3.35. The third kappa shape index (κ3) is 2.06. The van der Waals surface area contributed by atoms with Gasteiger partial charge < -0.3 is 0 Å². The predicted molar refractivity (Wildman–Crippen MR) is 50.1 cm³/mol. The highest BCUT2D eigenvalue weighted by atomic mass is 79.9. The molecule has 0 spiro atoms. The monoisotopic (exact) mass is 258 g/mol. The molecule has 0 bridgehead atoms. The lowest BCUT2D eigenvalue weighted by Crippen LogP contribution is -1.95. The highest BCUT2D eigenvalue weighted by molar-refractivity contribution is 9.10. The van der Waals surface area contributed by atoms with Gasteiger partial charge in [-0.05, 0) is 15.9 Å². The minimum atomic E-state index is -0.634. The highest BCUT2D eigenvalue weighted by Gasteiger charge is 2.14. The maximum absolute atomic E-state index is 13.2. The van der Waals surface area contributed by atoms with Gasteiger partial charge >= 0.3 is 0 Å². The largest absolute Gasteiger partial charge is 0.271 e. The zero-order valence-corrected chi connectivity index (χ0v) is 8.41. The summed E-state index contributed by atoms with van der Waals surface area (Å²) >= 11 is 2.85. The number of nitro groups is 1. The zero-order valence-electron chi connectivity index (χ0n) is 6.83. The van der Waals surface area contributed by atoms with Gasteiger partial charge in [-0.3, -0.25) is 10.1 Å². The normalized spacial score (nSPS) is 9.50. The fraction of sp³-hybridized carbons (Fsp3) is 0.125. The third-order valence-electron chi connectivity index (χ3n) is 1.57. The number of rotatable bonds is 2. The number of hydrogen-bond acceptors (Lipinski definition) is 3. The molecule has 0 amide bonds. The maximum atomic E-state index is 13.2. The van der Waals surface area contributed by atoms with Gasteiger partial charge in [0.1, 0.15) is 5.82 Å². The van der Waals surface area contributed by atoms with E-state index in [9.17, 15) is 14.5 Å². The zero-order chi connectivity index (χ0) is 10.7. The Bertz CT molecular complexity index is 428. The van der Waals surface area contributed by atoms with Gasteiger partial charge in [-0.25, -0.2) is 4.39 Å². The van der Waals surface area contributed by atoms with E-state index < -0.39 is 10.7 Å². The third-order valence-corrected chi connectivity index (χ3v) is 2.15. The van der Waals surface area contributed by atoms with Gasteiger partial charge in [0.2, 0.25) is 0 Å². The van der Waals surface area contributed by atoms with E-state index in [0.29, 0.717) is 0 Å². The average Bonchev–Trinajstić information content (AvgIpc) is 2.12. The van der Waals surface area contributed by atoms with Crippen LogP contribution in [-0.2, 0) is 6.42 Å². The van der Waals surface area contributed by atoms with Gasteiger partial charge in [-0.15, -0.1) is 0 Å². The van der Waals surface area contributed by atoms with Crippen molar-refractivity contribution in [3.8, 4) is 6.07 Å². The summed E-state index contributed by atoms with van der Waals surface area (Å²) in [5.74, 6) is -0.628. The number of hydrogen-bond donors (Lipinski definition) is 0. The molecule has 14 heavy (non-hydrogen) atoms. The number of halogens is 2. The SMILES string of the molecule is N#CCc1cc([N+](=O)[O-])cc(Br)c1F. The molecule has 0 saturated carbocycles. The van der Waals surface area contributed by atoms with Crippen molar-refractivity contribution in [3.63, 3.8) is 0 Å². The van der Waals surface area contributed by atoms with Crippen molar-refractivity contribution < 1.29 is 9.31 Å². The number of non-ortho nitro benzene ring substituents is 1. The Morgan fingerprint density at radius 3 is 2.79 bits per heavy atom. The molecule has 6 heteroatoms. The van der Waals surface area contributed by atoms with Crippen LogP contribution in [0.15, 0.2) is 16.6 Å². The van der Waals surface area contributed by atoms with Crippen molar-refractivity contribution in [1.29, 1.82) is 5.26 Å². The minimum absolute atomic E-state index is 0.00282. The van der Waals surface area contributed by atoms with Crippen molar-refractivity contribution in [2.45, 2.75) is 6.42 Å². The van der Waals surface area contributed by atoms with E-state index in [1.54, 1.807) is 6.07 Å². The minimum Gasteiger partial charge on any atom is -0.258 e. The van der Waals surface area contributed by atoms with E-state index in [2.05, 4.69) is 15.9 Å². The topological polar surface area (TPSA) is 66.9 Å². The molecule has 0 aliphatic rings. The lowest BCUT2D eigenvalue weighted by atomic mass is 10.1. The molecule has 0 aliphatic heterocycles. The van der Waals surface area contributed by atoms with E-state index in [0.717, 1.165) is 12.1 Å². The van der Waals surface area contributed by atoms with E-state index in [-0.39, 0.29) is 22.1 Å². The average molecular weight is 259 g/mol. The molecule has 0 radical (unpaired) electrons. The van der Waals surface area contributed by atoms with Gasteiger partial charge in [0.25, 0.3) is 5.69 Å². The number of benzene rings is 1. The second-order valence-electron chi connectivity index (χ2n) is 2.49. The lowest BCUT2D eigenvalue weighted by molar-refractivity contribution is -0.385. The molecule has 0 aliphatic carbocycles. The van der Waals surface area contributed by atoms with Crippen LogP contribution in [0.2, 0.25) is 0 Å². The number of nitriles is 1. The van der Waals surface area contributed by atoms with Crippen LogP contribution in [0, 0.1) is 27.3 Å². The summed E-state index contributed by atoms with van der Waals surface area (Å²) in [5.41, 5.74) is -0.211. The van der Waals surface area contributed by atoms with Crippen LogP contribution >= 0.6 is 15.9 Å². The van der Waals surface area contributed by atoms with Gasteiger partial charge in [0.15, 0.2) is 0 Å². The molecule has 1 aromatic carbocycles. The summed E-state index contributed by atoms with van der Waals surface area (Å²) in [6.45, 7) is 0. The Labute approximate surface area is 87.2 Å². The van der Waals surface area contributed by atoms with Crippen LogP contribution in [0.4, 0.5) is 10.1 Å². The molecule has 72 valence electrons. The first-order chi connectivity index (χ1) is 6.56. The van der Waals surface area contributed by atoms with E-state index in [4.69, 9.17) is 5.26 Å². The van der Waals surface area contributed by atoms with Crippen LogP contribution in [0.1, 0.15) is 5.56 Å². The van der Waals surface area contributed by atoms with Crippen molar-refractivity contribution in [2.75, 3.05) is 0 Å². The maximum Gasteiger partial charge on any atom is 0.271 e. The summed E-state index contributed by atoms with van der Waals surface area (Å²) in [6, 6.07) is 3.86. The number of nitro benzene ring substituents is 1. The molecule has 0 fully saturated rings. The molecular weight excluding hydrogens is 255 g/mol. The van der Waals surface area contributed by atoms with Crippen LogP contribution in [0.3, 0.4) is 0 Å². The summed E-state index contributed by atoms with van der Waals surface area (Å²) in [5, 5.41) is 18.8. The van der Waals surface area contributed by atoms with Crippen molar-refractivity contribution in [1.82, 2.24) is 0 Å². The summed E-state index contributed by atoms with van der Waals surface area (Å²) in [7, 11) is 0. The quantitative estimate of drug-likeness (QED) is 0.605. The van der Waals surface area contributed by atoms with Crippen LogP contribution in [-0.4, -0.2) is 4.92 Å². The van der Waals surface area contributed by atoms with E-state index >= 15 is 0 Å². The fourth-order valence-electron chi connectivity index (χ4n) is 0.949. The Hall–Kier alpha value is -1.48. The number of nitrogens with zero attached hydrogens (tertiary/aromatic N) is 2. The van der Waals surface area contributed by atoms with Gasteiger partial charge in [-0.2, -0.15) is 5.26 Å². The van der Waals surface area contributed by atoms with Crippen molar-refractivity contribution >= 4 is 21.6 Å². The molecule has 0 heterocycles. The summed E-state index contributed by atoms with van der Waals surface area (Å²) < 4.78 is 13.2. The molecule has 1 rings (SSSR count). The molecule has 0 saturated heterocycles. The Balaban J connectivity index is 3.29. The van der Waals surface area contributed by atoms with Crippen LogP contribution in [0.5, 0.6) is 0 Å². The summed E-state index contributed by atoms with van der Waals surface area (Å²) in [4.78, 5) is 9.77. The van der Waals surface area contributed by atoms with Gasteiger partial charge in [-0.1, -0.05) is 0 Å². The fourth-order valence-corrected chi connectivity index (χ4v) is 1.44. The predicted octanol–water partition coefficient (Wildman–Crippen LogP) is 2.56. The molecular formula is C8H4BrFN2O2. The van der Waals surface area contributed by atoms with Crippen molar-refractivity contribution in [3.05, 3.63) is 38.1 Å². The lowest BCUT2D eigenvalue weighted by Gasteiger charge is -2.00. The molecule has 4 nitrogen and oxygen atoms in total. The van der Waals surface area contributed by atoms with Gasteiger partial charge in [0, 0.05) is 17.7 Å². The standard InChI is InChI=1S/C8H4BrFN2O2/c9-7-4-6(12(13)14)3-5(1-2-11)8(7)10/h3-4H,1H2. The molecule has 0 unspecified atom stereocenters. The first-order valence-corrected chi connectivity index (χ1v) is 4.35. The highest BCUT2D eigenvalue weighted by Crippen LogP contribution is 2.25. The van der Waals surface area contributed by atoms with E-state index in [1.807, 2.05) is 0 Å².